The molecule has 2 aromatic rings. The fraction of sp³-hybridized carbons (Fsp3) is 0.593. The molecule has 1 aromatic carbocycles. The van der Waals surface area contributed by atoms with E-state index in [1.165, 1.54) is 57.8 Å². The van der Waals surface area contributed by atoms with E-state index in [1.807, 2.05) is 36.4 Å². The smallest absolute Gasteiger partial charge is 0.246 e. The van der Waals surface area contributed by atoms with Gasteiger partial charge in [0.15, 0.2) is 0 Å². The molecule has 0 aliphatic carbocycles. The summed E-state index contributed by atoms with van der Waals surface area (Å²) in [5.41, 5.74) is 0.926. The van der Waals surface area contributed by atoms with Crippen LogP contribution < -0.4 is 10.1 Å². The highest BCUT2D eigenvalue weighted by Crippen LogP contribution is 2.15. The normalized spacial score (nSPS) is 11.6. The Morgan fingerprint density at radius 1 is 0.875 bits per heavy atom. The lowest BCUT2D eigenvalue weighted by Gasteiger charge is -2.13. The van der Waals surface area contributed by atoms with Gasteiger partial charge in [0.25, 0.3) is 0 Å². The monoisotopic (exact) mass is 439 g/mol. The number of nitrogens with zero attached hydrogens (tertiary/aromatic N) is 3. The van der Waals surface area contributed by atoms with Gasteiger partial charge in [-0.3, -0.25) is 4.79 Å². The Hall–Kier alpha value is -2.43. The first-order valence-corrected chi connectivity index (χ1v) is 12.6. The molecule has 32 heavy (non-hydrogen) atoms. The van der Waals surface area contributed by atoms with E-state index in [-0.39, 0.29) is 5.91 Å². The second-order valence-electron chi connectivity index (χ2n) is 8.44. The number of para-hydroxylation sites is 1. The van der Waals surface area contributed by atoms with Crippen LogP contribution in [-0.4, -0.2) is 22.3 Å². The van der Waals surface area contributed by atoms with Crippen molar-refractivity contribution in [3.05, 3.63) is 48.0 Å². The van der Waals surface area contributed by atoms with Crippen LogP contribution in [-0.2, 0) is 4.79 Å². The average molecular weight is 440 g/mol. The van der Waals surface area contributed by atoms with Gasteiger partial charge in [-0.15, -0.1) is 0 Å². The predicted octanol–water partition coefficient (Wildman–Crippen LogP) is 6.79. The van der Waals surface area contributed by atoms with Gasteiger partial charge in [0.05, 0.1) is 23.8 Å². The minimum absolute atomic E-state index is 0.0818. The fourth-order valence-corrected chi connectivity index (χ4v) is 3.64. The van der Waals surface area contributed by atoms with Crippen molar-refractivity contribution in [3.63, 3.8) is 0 Å². The van der Waals surface area contributed by atoms with Gasteiger partial charge >= 0.3 is 0 Å². The molecule has 5 heteroatoms. The van der Waals surface area contributed by atoms with E-state index in [4.69, 9.17) is 4.74 Å². The molecule has 0 aliphatic heterocycles. The average Bonchev–Trinajstić information content (AvgIpc) is 2.81. The highest BCUT2D eigenvalue weighted by atomic mass is 16.5. The molecule has 176 valence electrons. The topological polar surface area (TPSA) is 56.5 Å². The van der Waals surface area contributed by atoms with Gasteiger partial charge in [0.1, 0.15) is 0 Å². The van der Waals surface area contributed by atoms with Crippen LogP contribution >= 0.6 is 0 Å². The Bertz CT molecular complexity index is 830. The first-order valence-electron chi connectivity index (χ1n) is 12.6. The molecule has 0 spiro atoms. The van der Waals surface area contributed by atoms with Gasteiger partial charge in [-0.05, 0) is 25.0 Å². The van der Waals surface area contributed by atoms with Crippen molar-refractivity contribution in [2.75, 3.05) is 6.61 Å². The summed E-state index contributed by atoms with van der Waals surface area (Å²) in [4.78, 5) is 16.6. The van der Waals surface area contributed by atoms with Crippen LogP contribution in [0, 0.1) is 0 Å². The summed E-state index contributed by atoms with van der Waals surface area (Å²) >= 11 is 0. The van der Waals surface area contributed by atoms with Gasteiger partial charge in [0.2, 0.25) is 11.8 Å². The molecular weight excluding hydrogens is 398 g/mol. The Kier molecular flexibility index (Phi) is 13.1. The molecule has 1 amide bonds. The maximum atomic E-state index is 12.3. The molecule has 1 heterocycles. The standard InChI is InChI=1S/C27H41N3O2/c1-3-5-7-9-11-16-20-26(31)29-24-22-27(32-21-17-12-10-8-6-4-2)30(28-23-24)25-18-14-13-15-19-25/h13-15,18-19,22-23H,3-12,16-17,20-21H2,1-2H3/b29-24-. The van der Waals surface area contributed by atoms with Crippen LogP contribution in [0.2, 0.25) is 0 Å². The first kappa shape index (κ1) is 25.8. The molecule has 0 bridgehead atoms. The van der Waals surface area contributed by atoms with Crippen LogP contribution in [0.1, 0.15) is 97.3 Å². The Morgan fingerprint density at radius 2 is 1.50 bits per heavy atom. The van der Waals surface area contributed by atoms with Crippen molar-refractivity contribution < 1.29 is 9.53 Å². The lowest BCUT2D eigenvalue weighted by molar-refractivity contribution is -0.118. The molecule has 0 aliphatic rings. The fourth-order valence-electron chi connectivity index (χ4n) is 3.64. The third-order valence-corrected chi connectivity index (χ3v) is 5.53. The quantitative estimate of drug-likeness (QED) is 0.271. The molecule has 0 saturated heterocycles. The molecule has 0 saturated carbocycles. The Labute approximate surface area is 193 Å². The van der Waals surface area contributed by atoms with Crippen molar-refractivity contribution in [1.29, 1.82) is 0 Å². The Balaban J connectivity index is 1.98. The van der Waals surface area contributed by atoms with Crippen molar-refractivity contribution in [1.82, 2.24) is 9.78 Å². The maximum absolute atomic E-state index is 12.3. The molecule has 0 atom stereocenters. The van der Waals surface area contributed by atoms with Crippen LogP contribution in [0.25, 0.3) is 5.69 Å². The van der Waals surface area contributed by atoms with Crippen LogP contribution in [0.3, 0.4) is 0 Å². The summed E-state index contributed by atoms with van der Waals surface area (Å²) in [6.07, 6.45) is 16.4. The van der Waals surface area contributed by atoms with Gasteiger partial charge in [-0.1, -0.05) is 96.3 Å². The SMILES string of the molecule is CCCCCCCCOc1c/c(=N/C(=O)CCCCCCCC)cnn1-c1ccccc1. The molecule has 0 radical (unpaired) electrons. The Morgan fingerprint density at radius 3 is 2.19 bits per heavy atom. The molecular formula is C27H41N3O2. The van der Waals surface area contributed by atoms with Crippen LogP contribution in [0.4, 0.5) is 0 Å². The minimum atomic E-state index is -0.0818. The molecule has 0 fully saturated rings. The summed E-state index contributed by atoms with van der Waals surface area (Å²) in [6.45, 7) is 5.08. The van der Waals surface area contributed by atoms with Gasteiger partial charge < -0.3 is 4.74 Å². The molecule has 2 rings (SSSR count). The number of hydrogen-bond donors (Lipinski definition) is 0. The van der Waals surface area contributed by atoms with E-state index in [9.17, 15) is 4.79 Å². The van der Waals surface area contributed by atoms with Gasteiger partial charge in [-0.2, -0.15) is 5.10 Å². The number of aromatic nitrogens is 2. The number of carbonyl (C=O) groups excluding carboxylic acids is 1. The van der Waals surface area contributed by atoms with Gasteiger partial charge in [-0.25, -0.2) is 9.67 Å². The highest BCUT2D eigenvalue weighted by Gasteiger charge is 2.07. The third-order valence-electron chi connectivity index (χ3n) is 5.53. The van der Waals surface area contributed by atoms with E-state index in [0.29, 0.717) is 24.3 Å². The van der Waals surface area contributed by atoms with Crippen molar-refractivity contribution >= 4 is 5.91 Å². The summed E-state index contributed by atoms with van der Waals surface area (Å²) in [6, 6.07) is 11.7. The number of amides is 1. The van der Waals surface area contributed by atoms with E-state index in [1.54, 1.807) is 10.9 Å². The number of benzene rings is 1. The van der Waals surface area contributed by atoms with Crippen LogP contribution in [0.5, 0.6) is 5.88 Å². The lowest BCUT2D eigenvalue weighted by Crippen LogP contribution is -2.15. The molecule has 1 aromatic heterocycles. The van der Waals surface area contributed by atoms with Crippen molar-refractivity contribution in [2.45, 2.75) is 97.3 Å². The summed E-state index contributed by atoms with van der Waals surface area (Å²) < 4.78 is 7.86. The van der Waals surface area contributed by atoms with Crippen LogP contribution in [0.15, 0.2) is 47.6 Å². The zero-order valence-electron chi connectivity index (χ0n) is 20.1. The summed E-state index contributed by atoms with van der Waals surface area (Å²) in [7, 11) is 0. The largest absolute Gasteiger partial charge is 0.478 e. The highest BCUT2D eigenvalue weighted by molar-refractivity contribution is 5.76. The third kappa shape index (κ3) is 10.3. The van der Waals surface area contributed by atoms with Gasteiger partial charge in [0, 0.05) is 12.5 Å². The van der Waals surface area contributed by atoms with E-state index >= 15 is 0 Å². The summed E-state index contributed by atoms with van der Waals surface area (Å²) in [5, 5.41) is 5.08. The summed E-state index contributed by atoms with van der Waals surface area (Å²) in [5.74, 6) is 0.542. The second-order valence-corrected chi connectivity index (χ2v) is 8.44. The number of carbonyl (C=O) groups is 1. The molecule has 0 unspecified atom stereocenters. The number of unbranched alkanes of at least 4 members (excludes halogenated alkanes) is 10. The zero-order chi connectivity index (χ0) is 22.9. The molecule has 0 N–H and O–H groups in total. The second kappa shape index (κ2) is 16.2. The van der Waals surface area contributed by atoms with E-state index < -0.39 is 0 Å². The number of ether oxygens (including phenoxy) is 1. The maximum Gasteiger partial charge on any atom is 0.246 e. The lowest BCUT2D eigenvalue weighted by atomic mass is 10.1. The first-order chi connectivity index (χ1) is 15.7. The minimum Gasteiger partial charge on any atom is -0.478 e. The van der Waals surface area contributed by atoms with Crippen molar-refractivity contribution in [2.24, 2.45) is 4.99 Å². The number of hydrogen-bond acceptors (Lipinski definition) is 3. The van der Waals surface area contributed by atoms with Crippen molar-refractivity contribution in [3.8, 4) is 11.6 Å². The number of rotatable bonds is 16. The molecule has 5 nitrogen and oxygen atoms in total. The van der Waals surface area contributed by atoms with E-state index in [0.717, 1.165) is 24.9 Å². The predicted molar refractivity (Wildman–Crippen MR) is 131 cm³/mol. The van der Waals surface area contributed by atoms with E-state index in [2.05, 4.69) is 23.9 Å². The zero-order valence-corrected chi connectivity index (χ0v) is 20.1.